The minimum absolute atomic E-state index is 0.224. The first kappa shape index (κ1) is 13.3. The summed E-state index contributed by atoms with van der Waals surface area (Å²) in [7, 11) is 0. The Bertz CT molecular complexity index is 627. The Morgan fingerprint density at radius 1 is 1.32 bits per heavy atom. The number of pyridine rings is 1. The minimum Gasteiger partial charge on any atom is -0.389 e. The fourth-order valence-corrected chi connectivity index (χ4v) is 1.63. The maximum atomic E-state index is 11.9. The fourth-order valence-electron chi connectivity index (χ4n) is 1.63. The van der Waals surface area contributed by atoms with Crippen molar-refractivity contribution in [2.24, 2.45) is 0 Å². The van der Waals surface area contributed by atoms with Crippen molar-refractivity contribution >= 4 is 6.01 Å². The van der Waals surface area contributed by atoms with E-state index in [1.807, 2.05) is 32.9 Å². The predicted octanol–water partition coefficient (Wildman–Crippen LogP) is 2.62. The molecule has 100 valence electrons. The molecule has 5 heteroatoms. The lowest BCUT2D eigenvalue weighted by atomic mass is 10.1. The van der Waals surface area contributed by atoms with Gasteiger partial charge in [-0.25, -0.2) is 4.79 Å². The summed E-state index contributed by atoms with van der Waals surface area (Å²) in [6.45, 7) is 7.61. The van der Waals surface area contributed by atoms with E-state index in [0.29, 0.717) is 11.3 Å². The Morgan fingerprint density at radius 2 is 2.05 bits per heavy atom. The number of rotatable bonds is 2. The van der Waals surface area contributed by atoms with Crippen molar-refractivity contribution < 1.29 is 4.42 Å². The Labute approximate surface area is 111 Å². The second-order valence-electron chi connectivity index (χ2n) is 5.40. The number of aromatic nitrogens is 2. The van der Waals surface area contributed by atoms with Gasteiger partial charge in [0.15, 0.2) is 0 Å². The van der Waals surface area contributed by atoms with E-state index in [2.05, 4.69) is 15.3 Å². The molecule has 2 heterocycles. The van der Waals surface area contributed by atoms with Crippen LogP contribution in [-0.4, -0.2) is 15.5 Å². The fraction of sp³-hybridized carbons (Fsp3) is 0.357. The van der Waals surface area contributed by atoms with Gasteiger partial charge in [0.25, 0.3) is 6.01 Å². The summed E-state index contributed by atoms with van der Waals surface area (Å²) < 4.78 is 5.15. The maximum Gasteiger partial charge on any atom is 0.343 e. The molecule has 0 amide bonds. The van der Waals surface area contributed by atoms with Crippen molar-refractivity contribution in [3.63, 3.8) is 0 Å². The lowest BCUT2D eigenvalue weighted by Crippen LogP contribution is -2.27. The van der Waals surface area contributed by atoms with E-state index in [1.165, 1.54) is 0 Å². The summed E-state index contributed by atoms with van der Waals surface area (Å²) >= 11 is 0. The molecule has 2 aromatic heterocycles. The number of nitrogens with one attached hydrogen (secondary N) is 1. The average Bonchev–Trinajstić information content (AvgIpc) is 2.33. The molecule has 0 atom stereocenters. The molecule has 0 aromatic carbocycles. The molecule has 0 saturated heterocycles. The van der Waals surface area contributed by atoms with Crippen molar-refractivity contribution in [2.75, 3.05) is 5.32 Å². The van der Waals surface area contributed by atoms with E-state index in [-0.39, 0.29) is 17.2 Å². The van der Waals surface area contributed by atoms with Gasteiger partial charge < -0.3 is 9.73 Å². The van der Waals surface area contributed by atoms with Crippen LogP contribution >= 0.6 is 0 Å². The molecule has 2 aromatic rings. The van der Waals surface area contributed by atoms with Crippen LogP contribution < -0.4 is 10.9 Å². The highest BCUT2D eigenvalue weighted by Gasteiger charge is 2.16. The van der Waals surface area contributed by atoms with Gasteiger partial charge in [0.05, 0.1) is 11.3 Å². The van der Waals surface area contributed by atoms with Gasteiger partial charge in [-0.2, -0.15) is 4.98 Å². The van der Waals surface area contributed by atoms with Gasteiger partial charge in [0.2, 0.25) is 0 Å². The quantitative estimate of drug-likeness (QED) is 0.897. The molecule has 5 nitrogen and oxygen atoms in total. The number of nitrogens with zero attached hydrogens (tertiary/aromatic N) is 2. The maximum absolute atomic E-state index is 11.9. The topological polar surface area (TPSA) is 68.0 Å². The van der Waals surface area contributed by atoms with Crippen LogP contribution in [-0.2, 0) is 0 Å². The summed E-state index contributed by atoms with van der Waals surface area (Å²) in [5, 5.41) is 3.06. The first-order valence-electron chi connectivity index (χ1n) is 6.07. The highest BCUT2D eigenvalue weighted by molar-refractivity contribution is 5.62. The van der Waals surface area contributed by atoms with E-state index in [4.69, 9.17) is 4.42 Å². The lowest BCUT2D eigenvalue weighted by Gasteiger charge is -2.20. The third-order valence-corrected chi connectivity index (χ3v) is 2.48. The highest BCUT2D eigenvalue weighted by atomic mass is 16.4. The molecule has 0 bridgehead atoms. The zero-order chi connectivity index (χ0) is 14.0. The van der Waals surface area contributed by atoms with Crippen molar-refractivity contribution in [1.29, 1.82) is 0 Å². The summed E-state index contributed by atoms with van der Waals surface area (Å²) in [6, 6.07) is 3.90. The van der Waals surface area contributed by atoms with Crippen LogP contribution in [0.4, 0.5) is 6.01 Å². The molecular weight excluding hydrogens is 242 g/mol. The van der Waals surface area contributed by atoms with Crippen molar-refractivity contribution in [2.45, 2.75) is 33.2 Å². The van der Waals surface area contributed by atoms with Crippen molar-refractivity contribution in [1.82, 2.24) is 9.97 Å². The lowest BCUT2D eigenvalue weighted by molar-refractivity contribution is 0.478. The molecule has 0 aliphatic carbocycles. The highest BCUT2D eigenvalue weighted by Crippen LogP contribution is 2.20. The molecule has 0 fully saturated rings. The third kappa shape index (κ3) is 3.19. The van der Waals surface area contributed by atoms with Gasteiger partial charge in [0.1, 0.15) is 0 Å². The predicted molar refractivity (Wildman–Crippen MR) is 74.1 cm³/mol. The van der Waals surface area contributed by atoms with Crippen LogP contribution in [0.1, 0.15) is 26.3 Å². The molecule has 0 radical (unpaired) electrons. The summed E-state index contributed by atoms with van der Waals surface area (Å²) in [5.41, 5.74) is 1.25. The molecule has 19 heavy (non-hydrogen) atoms. The molecule has 1 N–H and O–H groups in total. The summed E-state index contributed by atoms with van der Waals surface area (Å²) in [6.07, 6.45) is 3.36. The van der Waals surface area contributed by atoms with E-state index in [0.717, 1.165) is 5.56 Å². The van der Waals surface area contributed by atoms with Crippen LogP contribution in [0.15, 0.2) is 33.7 Å². The van der Waals surface area contributed by atoms with E-state index in [1.54, 1.807) is 19.3 Å². The molecule has 0 aliphatic heterocycles. The number of hydrogen-bond acceptors (Lipinski definition) is 5. The first-order chi connectivity index (χ1) is 8.87. The van der Waals surface area contributed by atoms with Crippen molar-refractivity contribution in [3.8, 4) is 11.3 Å². The Morgan fingerprint density at radius 3 is 2.63 bits per heavy atom. The van der Waals surface area contributed by atoms with E-state index >= 15 is 0 Å². The van der Waals surface area contributed by atoms with Crippen LogP contribution in [0.25, 0.3) is 11.3 Å². The van der Waals surface area contributed by atoms with Crippen LogP contribution in [0, 0.1) is 6.92 Å². The van der Waals surface area contributed by atoms with E-state index in [9.17, 15) is 4.79 Å². The molecular formula is C14H17N3O2. The van der Waals surface area contributed by atoms with Gasteiger partial charge in [0, 0.05) is 23.5 Å². The van der Waals surface area contributed by atoms with Gasteiger partial charge >= 0.3 is 5.63 Å². The minimum atomic E-state index is -0.388. The smallest absolute Gasteiger partial charge is 0.343 e. The summed E-state index contributed by atoms with van der Waals surface area (Å²) in [5.74, 6) is 0. The standard InChI is InChI=1S/C14H17N3O2/c1-9-11(10-6-5-7-15-8-10)16-13(19-12(9)18)17-14(2,3)4/h5-8H,1-4H3,(H,16,17). The van der Waals surface area contributed by atoms with E-state index < -0.39 is 0 Å². The van der Waals surface area contributed by atoms with Gasteiger partial charge in [-0.3, -0.25) is 4.98 Å². The largest absolute Gasteiger partial charge is 0.389 e. The van der Waals surface area contributed by atoms with Crippen molar-refractivity contribution in [3.05, 3.63) is 40.5 Å². The Hall–Kier alpha value is -2.17. The number of anilines is 1. The first-order valence-corrected chi connectivity index (χ1v) is 6.07. The molecule has 0 aliphatic rings. The third-order valence-electron chi connectivity index (χ3n) is 2.48. The van der Waals surface area contributed by atoms with Gasteiger partial charge in [-0.1, -0.05) is 0 Å². The van der Waals surface area contributed by atoms with Gasteiger partial charge in [-0.05, 0) is 39.8 Å². The Kier molecular flexibility index (Phi) is 3.38. The molecule has 0 unspecified atom stereocenters. The normalized spacial score (nSPS) is 11.4. The SMILES string of the molecule is Cc1c(-c2cccnc2)nc(NC(C)(C)C)oc1=O. The average molecular weight is 259 g/mol. The second-order valence-corrected chi connectivity index (χ2v) is 5.40. The molecule has 0 spiro atoms. The zero-order valence-electron chi connectivity index (χ0n) is 11.5. The van der Waals surface area contributed by atoms with Crippen LogP contribution in [0.5, 0.6) is 0 Å². The second kappa shape index (κ2) is 4.84. The zero-order valence-corrected chi connectivity index (χ0v) is 11.5. The Balaban J connectivity index is 2.53. The monoisotopic (exact) mass is 259 g/mol. The summed E-state index contributed by atoms with van der Waals surface area (Å²) in [4.78, 5) is 20.3. The molecule has 0 saturated carbocycles. The molecule has 2 rings (SSSR count). The van der Waals surface area contributed by atoms with Crippen LogP contribution in [0.2, 0.25) is 0 Å². The van der Waals surface area contributed by atoms with Gasteiger partial charge in [-0.15, -0.1) is 0 Å². The van der Waals surface area contributed by atoms with Crippen LogP contribution in [0.3, 0.4) is 0 Å². The number of hydrogen-bond donors (Lipinski definition) is 1.